The van der Waals surface area contributed by atoms with Gasteiger partial charge in [0.05, 0.1) is 0 Å². The van der Waals surface area contributed by atoms with Crippen LogP contribution in [0.25, 0.3) is 5.57 Å². The van der Waals surface area contributed by atoms with Crippen LogP contribution >= 0.6 is 12.6 Å². The van der Waals surface area contributed by atoms with Gasteiger partial charge in [0.1, 0.15) is 5.82 Å². The minimum atomic E-state index is 0.820. The van der Waals surface area contributed by atoms with Crippen molar-refractivity contribution < 1.29 is 0 Å². The zero-order valence-corrected chi connectivity index (χ0v) is 12.7. The van der Waals surface area contributed by atoms with Crippen LogP contribution in [0.3, 0.4) is 0 Å². The van der Waals surface area contributed by atoms with Crippen LogP contribution in [0.15, 0.2) is 6.08 Å². The predicted octanol–water partition coefficient (Wildman–Crippen LogP) is 2.07. The summed E-state index contributed by atoms with van der Waals surface area (Å²) in [5, 5.41) is 6.77. The molecule has 1 aromatic heterocycles. The van der Waals surface area contributed by atoms with Crippen LogP contribution in [0.1, 0.15) is 36.3 Å². The van der Waals surface area contributed by atoms with Gasteiger partial charge in [-0.2, -0.15) is 12.6 Å². The standard InChI is InChI=1S/C15H22N4S/c20-10-9-17-15-12-3-1-2-4-13(12)18-14(19-15)11-5-7-16-8-6-11/h5,16,20H,1-4,6-10H2,(H,17,18,19). The van der Waals surface area contributed by atoms with Gasteiger partial charge in [-0.15, -0.1) is 0 Å². The summed E-state index contributed by atoms with van der Waals surface area (Å²) in [6.07, 6.45) is 7.92. The third-order valence-electron chi connectivity index (χ3n) is 3.94. The summed E-state index contributed by atoms with van der Waals surface area (Å²) in [5.74, 6) is 2.78. The lowest BCUT2D eigenvalue weighted by molar-refractivity contribution is 0.660. The second kappa shape index (κ2) is 6.59. The first-order chi connectivity index (χ1) is 9.88. The maximum atomic E-state index is 4.84. The van der Waals surface area contributed by atoms with E-state index in [1.54, 1.807) is 0 Å². The molecule has 0 unspecified atom stereocenters. The van der Waals surface area contributed by atoms with E-state index in [1.165, 1.54) is 29.7 Å². The fourth-order valence-electron chi connectivity index (χ4n) is 2.88. The van der Waals surface area contributed by atoms with Crippen molar-refractivity contribution in [1.82, 2.24) is 15.3 Å². The van der Waals surface area contributed by atoms with E-state index in [4.69, 9.17) is 9.97 Å². The van der Waals surface area contributed by atoms with Gasteiger partial charge < -0.3 is 10.6 Å². The molecule has 0 atom stereocenters. The largest absolute Gasteiger partial charge is 0.369 e. The SMILES string of the molecule is SCCNc1nc(C2=CCNCC2)nc2c1CCCC2. The maximum absolute atomic E-state index is 4.84. The number of anilines is 1. The molecule has 0 saturated heterocycles. The lowest BCUT2D eigenvalue weighted by Crippen LogP contribution is -2.22. The molecule has 0 bridgehead atoms. The van der Waals surface area contributed by atoms with E-state index in [1.807, 2.05) is 0 Å². The minimum Gasteiger partial charge on any atom is -0.369 e. The number of hydrogen-bond acceptors (Lipinski definition) is 5. The van der Waals surface area contributed by atoms with Crippen LogP contribution in [-0.4, -0.2) is 35.4 Å². The predicted molar refractivity (Wildman–Crippen MR) is 86.5 cm³/mol. The molecule has 0 saturated carbocycles. The zero-order chi connectivity index (χ0) is 13.8. The summed E-state index contributed by atoms with van der Waals surface area (Å²) >= 11 is 4.28. The lowest BCUT2D eigenvalue weighted by atomic mass is 9.96. The van der Waals surface area contributed by atoms with E-state index in [2.05, 4.69) is 29.3 Å². The molecule has 1 aromatic rings. The van der Waals surface area contributed by atoms with E-state index >= 15 is 0 Å². The molecule has 0 aromatic carbocycles. The highest BCUT2D eigenvalue weighted by molar-refractivity contribution is 7.80. The second-order valence-corrected chi connectivity index (χ2v) is 5.81. The van der Waals surface area contributed by atoms with Gasteiger partial charge in [-0.3, -0.25) is 0 Å². The first-order valence-electron chi connectivity index (χ1n) is 7.53. The van der Waals surface area contributed by atoms with E-state index in [-0.39, 0.29) is 0 Å². The van der Waals surface area contributed by atoms with Crippen molar-refractivity contribution in [3.8, 4) is 0 Å². The Morgan fingerprint density at radius 1 is 1.20 bits per heavy atom. The van der Waals surface area contributed by atoms with Gasteiger partial charge in [0.25, 0.3) is 0 Å². The third kappa shape index (κ3) is 2.99. The highest BCUT2D eigenvalue weighted by Gasteiger charge is 2.19. The van der Waals surface area contributed by atoms with Crippen LogP contribution in [0, 0.1) is 0 Å². The average molecular weight is 290 g/mol. The summed E-state index contributed by atoms with van der Waals surface area (Å²) in [4.78, 5) is 9.63. The van der Waals surface area contributed by atoms with Crippen LogP contribution in [0.5, 0.6) is 0 Å². The van der Waals surface area contributed by atoms with E-state index in [9.17, 15) is 0 Å². The molecular formula is C15H22N4S. The molecule has 3 rings (SSSR count). The number of aromatic nitrogens is 2. The molecule has 20 heavy (non-hydrogen) atoms. The Bertz CT molecular complexity index is 513. The summed E-state index contributed by atoms with van der Waals surface area (Å²) in [5.41, 5.74) is 3.87. The van der Waals surface area contributed by atoms with Crippen molar-refractivity contribution in [2.45, 2.75) is 32.1 Å². The van der Waals surface area contributed by atoms with Crippen LogP contribution < -0.4 is 10.6 Å². The Kier molecular flexibility index (Phi) is 4.58. The van der Waals surface area contributed by atoms with E-state index in [0.717, 1.165) is 56.3 Å². The Morgan fingerprint density at radius 2 is 2.10 bits per heavy atom. The molecule has 0 radical (unpaired) electrons. The van der Waals surface area contributed by atoms with E-state index in [0.29, 0.717) is 0 Å². The molecule has 2 heterocycles. The summed E-state index contributed by atoms with van der Waals surface area (Å²) in [6, 6.07) is 0. The van der Waals surface area contributed by atoms with Gasteiger partial charge in [0.15, 0.2) is 5.82 Å². The quantitative estimate of drug-likeness (QED) is 0.743. The van der Waals surface area contributed by atoms with Crippen molar-refractivity contribution in [3.05, 3.63) is 23.2 Å². The second-order valence-electron chi connectivity index (χ2n) is 5.36. The van der Waals surface area contributed by atoms with Crippen molar-refractivity contribution in [3.63, 3.8) is 0 Å². The molecule has 4 nitrogen and oxygen atoms in total. The van der Waals surface area contributed by atoms with Gasteiger partial charge in [0, 0.05) is 30.1 Å². The number of nitrogens with one attached hydrogen (secondary N) is 2. The number of hydrogen-bond donors (Lipinski definition) is 3. The summed E-state index contributed by atoms with van der Waals surface area (Å²) < 4.78 is 0. The lowest BCUT2D eigenvalue weighted by Gasteiger charge is -2.21. The number of rotatable bonds is 4. The van der Waals surface area contributed by atoms with Gasteiger partial charge in [-0.05, 0) is 44.2 Å². The van der Waals surface area contributed by atoms with Gasteiger partial charge in [0.2, 0.25) is 0 Å². The fourth-order valence-corrected chi connectivity index (χ4v) is 3.00. The molecule has 0 fully saturated rings. The summed E-state index contributed by atoms with van der Waals surface area (Å²) in [6.45, 7) is 2.80. The molecule has 2 N–H and O–H groups in total. The van der Waals surface area contributed by atoms with Crippen molar-refractivity contribution in [2.24, 2.45) is 0 Å². The third-order valence-corrected chi connectivity index (χ3v) is 4.16. The number of aryl methyl sites for hydroxylation is 1. The Balaban J connectivity index is 1.96. The highest BCUT2D eigenvalue weighted by atomic mass is 32.1. The molecule has 1 aliphatic carbocycles. The van der Waals surface area contributed by atoms with E-state index < -0.39 is 0 Å². The molecule has 2 aliphatic rings. The topological polar surface area (TPSA) is 49.8 Å². The van der Waals surface area contributed by atoms with Gasteiger partial charge >= 0.3 is 0 Å². The molecule has 5 heteroatoms. The summed E-state index contributed by atoms with van der Waals surface area (Å²) in [7, 11) is 0. The number of fused-ring (bicyclic) bond motifs is 1. The first kappa shape index (κ1) is 13.9. The van der Waals surface area contributed by atoms with Crippen LogP contribution in [-0.2, 0) is 12.8 Å². The molecule has 108 valence electrons. The normalized spacial score (nSPS) is 18.4. The first-order valence-corrected chi connectivity index (χ1v) is 8.16. The maximum Gasteiger partial charge on any atom is 0.157 e. The molecule has 0 spiro atoms. The van der Waals surface area contributed by atoms with Gasteiger partial charge in [-0.1, -0.05) is 6.08 Å². The van der Waals surface area contributed by atoms with Crippen LogP contribution in [0.4, 0.5) is 5.82 Å². The minimum absolute atomic E-state index is 0.820. The van der Waals surface area contributed by atoms with Gasteiger partial charge in [-0.25, -0.2) is 9.97 Å². The molecular weight excluding hydrogens is 268 g/mol. The Hall–Kier alpha value is -1.07. The zero-order valence-electron chi connectivity index (χ0n) is 11.8. The van der Waals surface area contributed by atoms with Crippen molar-refractivity contribution in [1.29, 1.82) is 0 Å². The average Bonchev–Trinajstić information content (AvgIpc) is 2.53. The van der Waals surface area contributed by atoms with Crippen molar-refractivity contribution in [2.75, 3.05) is 30.7 Å². The Morgan fingerprint density at radius 3 is 2.90 bits per heavy atom. The Labute approximate surface area is 125 Å². The highest BCUT2D eigenvalue weighted by Crippen LogP contribution is 2.28. The van der Waals surface area contributed by atoms with Crippen molar-refractivity contribution >= 4 is 24.0 Å². The number of thiol groups is 1. The molecule has 0 amide bonds. The molecule has 1 aliphatic heterocycles. The smallest absolute Gasteiger partial charge is 0.157 e. The number of nitrogens with zero attached hydrogens (tertiary/aromatic N) is 2. The van der Waals surface area contributed by atoms with Crippen LogP contribution in [0.2, 0.25) is 0 Å². The monoisotopic (exact) mass is 290 g/mol. The fraction of sp³-hybridized carbons (Fsp3) is 0.600.